The Morgan fingerprint density at radius 3 is 2.75 bits per heavy atom. The van der Waals surface area contributed by atoms with E-state index in [1.807, 2.05) is 29.1 Å². The molecule has 0 bridgehead atoms. The summed E-state index contributed by atoms with van der Waals surface area (Å²) in [7, 11) is -0.416. The highest BCUT2D eigenvalue weighted by Crippen LogP contribution is 2.23. The van der Waals surface area contributed by atoms with E-state index in [9.17, 15) is 5.02 Å². The van der Waals surface area contributed by atoms with Crippen molar-refractivity contribution >= 4 is 12.7 Å². The van der Waals surface area contributed by atoms with Gasteiger partial charge in [0.05, 0.1) is 12.7 Å². The van der Waals surface area contributed by atoms with E-state index in [1.165, 1.54) is 0 Å². The van der Waals surface area contributed by atoms with Gasteiger partial charge >= 0.3 is 7.05 Å². The number of nitrogens with zero attached hydrogens (tertiary/aromatic N) is 1. The second kappa shape index (κ2) is 4.87. The highest BCUT2D eigenvalue weighted by molar-refractivity contribution is 6.45. The molecule has 1 saturated heterocycles. The van der Waals surface area contributed by atoms with Gasteiger partial charge in [-0.05, 0) is 24.5 Å². The third kappa shape index (κ3) is 2.55. The van der Waals surface area contributed by atoms with Crippen molar-refractivity contribution in [1.29, 1.82) is 0 Å². The molecular weight excluding hydrogens is 203 g/mol. The quantitative estimate of drug-likeness (QED) is 0.570. The highest BCUT2D eigenvalue weighted by atomic mass is 16.5. The summed E-state index contributed by atoms with van der Waals surface area (Å²) in [6.45, 7) is 3.94. The van der Waals surface area contributed by atoms with E-state index >= 15 is 0 Å². The number of ether oxygens (including phenoxy) is 1. The van der Waals surface area contributed by atoms with Crippen LogP contribution in [0.4, 0.5) is 5.69 Å². The Bertz CT molecular complexity index is 342. The maximum Gasteiger partial charge on any atom is 0.376 e. The van der Waals surface area contributed by atoms with Gasteiger partial charge in [0.15, 0.2) is 0 Å². The van der Waals surface area contributed by atoms with Crippen LogP contribution in [0.25, 0.3) is 0 Å². The molecule has 4 nitrogen and oxygen atoms in total. The lowest BCUT2D eigenvalue weighted by atomic mass is 9.83. The molecule has 1 aromatic rings. The van der Waals surface area contributed by atoms with E-state index in [1.54, 1.807) is 6.82 Å². The van der Waals surface area contributed by atoms with Gasteiger partial charge in [0.1, 0.15) is 0 Å². The molecule has 1 aromatic carbocycles. The summed E-state index contributed by atoms with van der Waals surface area (Å²) in [6, 6.07) is 7.71. The maximum absolute atomic E-state index is 9.54. The fraction of sp³-hybridized carbons (Fsp3) is 0.455. The molecule has 86 valence electrons. The number of nitrogen functional groups attached to an aromatic ring is 1. The molecule has 0 aromatic heterocycles. The van der Waals surface area contributed by atoms with Gasteiger partial charge in [0, 0.05) is 18.8 Å². The number of hydrogen-bond donors (Lipinski definition) is 2. The number of nitrogens with two attached hydrogens (primary N) is 1. The zero-order valence-electron chi connectivity index (χ0n) is 9.47. The zero-order valence-corrected chi connectivity index (χ0v) is 9.47. The first-order valence-electron chi connectivity index (χ1n) is 5.56. The Kier molecular flexibility index (Phi) is 3.48. The van der Waals surface area contributed by atoms with Crippen molar-refractivity contribution in [3.05, 3.63) is 29.8 Å². The summed E-state index contributed by atoms with van der Waals surface area (Å²) < 4.78 is 5.69. The molecule has 0 aliphatic carbocycles. The predicted molar refractivity (Wildman–Crippen MR) is 65.0 cm³/mol. The van der Waals surface area contributed by atoms with Crippen LogP contribution in [0.3, 0.4) is 0 Å². The first-order chi connectivity index (χ1) is 7.66. The van der Waals surface area contributed by atoms with Crippen LogP contribution in [0.5, 0.6) is 0 Å². The third-order valence-electron chi connectivity index (χ3n) is 2.93. The van der Waals surface area contributed by atoms with Gasteiger partial charge in [-0.15, -0.1) is 0 Å². The molecule has 0 radical (unpaired) electrons. The molecule has 3 N–H and O–H groups in total. The highest BCUT2D eigenvalue weighted by Gasteiger charge is 2.26. The Balaban J connectivity index is 2.06. The Hall–Kier alpha value is -1.04. The largest absolute Gasteiger partial charge is 0.437 e. The summed E-state index contributed by atoms with van der Waals surface area (Å²) in [5, 5.41) is 9.54. The van der Waals surface area contributed by atoms with Crippen molar-refractivity contribution in [3.8, 4) is 0 Å². The van der Waals surface area contributed by atoms with Crippen LogP contribution in [-0.2, 0) is 4.74 Å². The van der Waals surface area contributed by atoms with Crippen molar-refractivity contribution in [3.63, 3.8) is 0 Å². The molecule has 0 spiro atoms. The van der Waals surface area contributed by atoms with Gasteiger partial charge in [-0.1, -0.05) is 12.1 Å². The fourth-order valence-corrected chi connectivity index (χ4v) is 1.92. The zero-order chi connectivity index (χ0) is 11.5. The Morgan fingerprint density at radius 2 is 2.12 bits per heavy atom. The minimum absolute atomic E-state index is 0.0314. The molecule has 16 heavy (non-hydrogen) atoms. The van der Waals surface area contributed by atoms with Gasteiger partial charge in [-0.2, -0.15) is 0 Å². The molecule has 1 heterocycles. The van der Waals surface area contributed by atoms with Crippen molar-refractivity contribution < 1.29 is 9.76 Å². The topological polar surface area (TPSA) is 58.7 Å². The summed E-state index contributed by atoms with van der Waals surface area (Å²) in [4.78, 5) is 2.00. The second-order valence-electron chi connectivity index (χ2n) is 4.15. The summed E-state index contributed by atoms with van der Waals surface area (Å²) >= 11 is 0. The lowest BCUT2D eigenvalue weighted by molar-refractivity contribution is -0.00805. The van der Waals surface area contributed by atoms with Crippen LogP contribution in [0, 0.1) is 0 Å². The van der Waals surface area contributed by atoms with Gasteiger partial charge in [0.2, 0.25) is 0 Å². The third-order valence-corrected chi connectivity index (χ3v) is 2.93. The molecule has 1 aliphatic rings. The van der Waals surface area contributed by atoms with Crippen molar-refractivity contribution in [2.45, 2.75) is 12.9 Å². The van der Waals surface area contributed by atoms with Crippen LogP contribution in [-0.4, -0.2) is 36.6 Å². The predicted octanol–water partition coefficient (Wildman–Crippen LogP) is 0.752. The molecule has 0 amide bonds. The smallest absolute Gasteiger partial charge is 0.376 e. The van der Waals surface area contributed by atoms with Crippen molar-refractivity contribution in [1.82, 2.24) is 4.81 Å². The lowest BCUT2D eigenvalue weighted by Gasteiger charge is -2.33. The van der Waals surface area contributed by atoms with Crippen LogP contribution in [0.15, 0.2) is 24.3 Å². The summed E-state index contributed by atoms with van der Waals surface area (Å²) in [5.41, 5.74) is 7.51. The normalized spacial score (nSPS) is 22.0. The molecule has 1 fully saturated rings. The number of morpholine rings is 1. The monoisotopic (exact) mass is 220 g/mol. The summed E-state index contributed by atoms with van der Waals surface area (Å²) in [6.07, 6.45) is 0.0314. The average Bonchev–Trinajstić information content (AvgIpc) is 2.30. The van der Waals surface area contributed by atoms with E-state index in [0.29, 0.717) is 6.61 Å². The van der Waals surface area contributed by atoms with Gasteiger partial charge in [0.25, 0.3) is 0 Å². The average molecular weight is 220 g/mol. The lowest BCUT2D eigenvalue weighted by Crippen LogP contribution is -2.46. The Labute approximate surface area is 96.1 Å². The molecule has 1 aliphatic heterocycles. The fourth-order valence-electron chi connectivity index (χ4n) is 1.92. The first-order valence-corrected chi connectivity index (χ1v) is 5.56. The molecule has 0 saturated carbocycles. The van der Waals surface area contributed by atoms with Crippen molar-refractivity contribution in [2.75, 3.05) is 25.4 Å². The molecular formula is C11H17BN2O2. The van der Waals surface area contributed by atoms with E-state index in [4.69, 9.17) is 10.5 Å². The van der Waals surface area contributed by atoms with Crippen LogP contribution < -0.4 is 5.73 Å². The van der Waals surface area contributed by atoms with E-state index in [-0.39, 0.29) is 6.10 Å². The number of benzene rings is 1. The van der Waals surface area contributed by atoms with E-state index < -0.39 is 7.05 Å². The van der Waals surface area contributed by atoms with Gasteiger partial charge in [-0.25, -0.2) is 0 Å². The number of hydrogen-bond acceptors (Lipinski definition) is 4. The number of rotatable bonds is 2. The van der Waals surface area contributed by atoms with Gasteiger partial charge in [-0.3, -0.25) is 0 Å². The molecule has 5 heteroatoms. The SMILES string of the molecule is CB(O)N1CCO[C@@H](c2ccc(N)cc2)C1. The van der Waals surface area contributed by atoms with Crippen LogP contribution in [0.2, 0.25) is 6.82 Å². The molecule has 2 rings (SSSR count). The maximum atomic E-state index is 9.54. The molecule has 1 atom stereocenters. The summed E-state index contributed by atoms with van der Waals surface area (Å²) in [5.74, 6) is 0. The second-order valence-corrected chi connectivity index (χ2v) is 4.15. The number of anilines is 1. The minimum atomic E-state index is -0.416. The molecule has 0 unspecified atom stereocenters. The van der Waals surface area contributed by atoms with Crippen LogP contribution >= 0.6 is 0 Å². The van der Waals surface area contributed by atoms with Crippen molar-refractivity contribution in [2.24, 2.45) is 0 Å². The van der Waals surface area contributed by atoms with Crippen LogP contribution in [0.1, 0.15) is 11.7 Å². The minimum Gasteiger partial charge on any atom is -0.437 e. The standard InChI is InChI=1S/C11H17BN2O2/c1-12(15)14-6-7-16-11(8-14)9-2-4-10(13)5-3-9/h2-5,11,15H,6-8,13H2,1H3/t11-/m1/s1. The Morgan fingerprint density at radius 1 is 1.44 bits per heavy atom. The van der Waals surface area contributed by atoms with E-state index in [0.717, 1.165) is 24.3 Å². The first kappa shape index (κ1) is 11.5. The van der Waals surface area contributed by atoms with Gasteiger partial charge < -0.3 is 20.3 Å². The van der Waals surface area contributed by atoms with E-state index in [2.05, 4.69) is 0 Å².